The Morgan fingerprint density at radius 2 is 1.58 bits per heavy atom. The number of carbonyl (C=O) groups is 1. The molecule has 3 aromatic rings. The summed E-state index contributed by atoms with van der Waals surface area (Å²) in [7, 11) is 0. The maximum absolute atomic E-state index is 13.2. The minimum atomic E-state index is -0.305. The molecule has 31 heavy (non-hydrogen) atoms. The van der Waals surface area contributed by atoms with E-state index in [1.165, 1.54) is 0 Å². The van der Waals surface area contributed by atoms with E-state index in [1.54, 1.807) is 39.9 Å². The zero-order valence-electron chi connectivity index (χ0n) is 19.2. The predicted molar refractivity (Wildman–Crippen MR) is 121 cm³/mol. The SMILES string of the molecule is CC(C)(C)c1cc(C(=O)Cn2ccn(Cc3ccccn3)c2=N)cc(C(C)(C)C)c1O. The first-order valence-corrected chi connectivity index (χ1v) is 10.5. The zero-order chi connectivity index (χ0) is 23.0. The molecule has 6 nitrogen and oxygen atoms in total. The molecule has 0 aliphatic heterocycles. The van der Waals surface area contributed by atoms with Gasteiger partial charge in [0.25, 0.3) is 0 Å². The molecule has 0 bridgehead atoms. The molecule has 0 spiro atoms. The van der Waals surface area contributed by atoms with Crippen LogP contribution < -0.4 is 5.62 Å². The summed E-state index contributed by atoms with van der Waals surface area (Å²) in [5, 5.41) is 19.3. The number of nitrogens with zero attached hydrogens (tertiary/aromatic N) is 3. The fourth-order valence-electron chi connectivity index (χ4n) is 3.57. The van der Waals surface area contributed by atoms with E-state index in [-0.39, 0.29) is 34.5 Å². The number of aromatic hydroxyl groups is 1. The molecule has 0 saturated heterocycles. The Labute approximate surface area is 183 Å². The fraction of sp³-hybridized carbons (Fsp3) is 0.400. The number of carbonyl (C=O) groups excluding carboxylic acids is 1. The second-order valence-electron chi connectivity index (χ2n) is 10.0. The van der Waals surface area contributed by atoms with E-state index < -0.39 is 0 Å². The molecule has 2 N–H and O–H groups in total. The van der Waals surface area contributed by atoms with Gasteiger partial charge in [-0.1, -0.05) is 47.6 Å². The molecule has 0 amide bonds. The summed E-state index contributed by atoms with van der Waals surface area (Å²) in [6, 6.07) is 9.27. The van der Waals surface area contributed by atoms with Gasteiger partial charge in [0.1, 0.15) is 5.75 Å². The Morgan fingerprint density at radius 1 is 1.00 bits per heavy atom. The number of hydrogen-bond acceptors (Lipinski definition) is 4. The quantitative estimate of drug-likeness (QED) is 0.600. The molecular formula is C25H32N4O2. The van der Waals surface area contributed by atoms with Gasteiger partial charge in [0.2, 0.25) is 5.62 Å². The highest BCUT2D eigenvalue weighted by Crippen LogP contribution is 2.39. The van der Waals surface area contributed by atoms with E-state index in [4.69, 9.17) is 5.41 Å². The highest BCUT2D eigenvalue weighted by molar-refractivity contribution is 5.96. The average Bonchev–Trinajstić information content (AvgIpc) is 3.00. The Bertz CT molecular complexity index is 1110. The van der Waals surface area contributed by atoms with Crippen molar-refractivity contribution in [1.82, 2.24) is 14.1 Å². The van der Waals surface area contributed by atoms with Crippen LogP contribution in [0.1, 0.15) is 68.7 Å². The van der Waals surface area contributed by atoms with Crippen molar-refractivity contribution in [3.05, 3.63) is 76.9 Å². The van der Waals surface area contributed by atoms with Gasteiger partial charge in [-0.15, -0.1) is 0 Å². The Kier molecular flexibility index (Phi) is 5.94. The van der Waals surface area contributed by atoms with Gasteiger partial charge in [-0.05, 0) is 35.1 Å². The van der Waals surface area contributed by atoms with Crippen LogP contribution in [-0.4, -0.2) is 25.0 Å². The van der Waals surface area contributed by atoms with Crippen LogP contribution in [0, 0.1) is 5.41 Å². The topological polar surface area (TPSA) is 83.9 Å². The number of aromatic nitrogens is 3. The minimum absolute atomic E-state index is 0.0615. The number of phenolic OH excluding ortho intramolecular Hbond substituents is 1. The van der Waals surface area contributed by atoms with Crippen molar-refractivity contribution in [3.63, 3.8) is 0 Å². The number of hydrogen-bond donors (Lipinski definition) is 2. The second kappa shape index (κ2) is 8.17. The molecule has 164 valence electrons. The maximum Gasteiger partial charge on any atom is 0.202 e. The van der Waals surface area contributed by atoms with E-state index >= 15 is 0 Å². The van der Waals surface area contributed by atoms with Crippen molar-refractivity contribution in [1.29, 1.82) is 5.41 Å². The van der Waals surface area contributed by atoms with Gasteiger partial charge in [0.05, 0.1) is 18.8 Å². The zero-order valence-corrected chi connectivity index (χ0v) is 19.2. The fourth-order valence-corrected chi connectivity index (χ4v) is 3.57. The third-order valence-corrected chi connectivity index (χ3v) is 5.39. The summed E-state index contributed by atoms with van der Waals surface area (Å²) in [4.78, 5) is 17.5. The molecule has 0 aliphatic rings. The van der Waals surface area contributed by atoms with Gasteiger partial charge in [0.15, 0.2) is 5.78 Å². The van der Waals surface area contributed by atoms with Gasteiger partial charge in [-0.25, -0.2) is 0 Å². The standard InChI is InChI=1S/C25H32N4O2/c1-24(2,3)19-13-17(14-20(22(19)31)25(4,5)6)21(30)16-29-12-11-28(23(29)26)15-18-9-7-8-10-27-18/h7-14,26,31H,15-16H2,1-6H3. The Hall–Kier alpha value is -3.15. The van der Waals surface area contributed by atoms with Crippen LogP contribution in [0.4, 0.5) is 0 Å². The van der Waals surface area contributed by atoms with E-state index in [9.17, 15) is 9.90 Å². The van der Waals surface area contributed by atoms with Gasteiger partial charge in [0, 0.05) is 35.3 Å². The van der Waals surface area contributed by atoms with E-state index in [0.29, 0.717) is 12.1 Å². The summed E-state index contributed by atoms with van der Waals surface area (Å²) in [5.74, 6) is 0.164. The van der Waals surface area contributed by atoms with Gasteiger partial charge in [-0.3, -0.25) is 15.2 Å². The second-order valence-corrected chi connectivity index (χ2v) is 10.0. The molecule has 0 unspecified atom stereocenters. The van der Waals surface area contributed by atoms with Crippen molar-refractivity contribution in [2.24, 2.45) is 0 Å². The van der Waals surface area contributed by atoms with Crippen LogP contribution in [0.3, 0.4) is 0 Å². The van der Waals surface area contributed by atoms with Crippen LogP contribution in [0.25, 0.3) is 0 Å². The van der Waals surface area contributed by atoms with Gasteiger partial charge in [-0.2, -0.15) is 0 Å². The first kappa shape index (κ1) is 22.5. The largest absolute Gasteiger partial charge is 0.507 e. The lowest BCUT2D eigenvalue weighted by molar-refractivity contribution is 0.0970. The van der Waals surface area contributed by atoms with Crippen LogP contribution in [-0.2, 0) is 23.9 Å². The molecule has 0 saturated carbocycles. The summed E-state index contributed by atoms with van der Waals surface area (Å²) >= 11 is 0. The van der Waals surface area contributed by atoms with Crippen LogP contribution >= 0.6 is 0 Å². The van der Waals surface area contributed by atoms with E-state index in [0.717, 1.165) is 16.8 Å². The highest BCUT2D eigenvalue weighted by atomic mass is 16.3. The first-order chi connectivity index (χ1) is 14.4. The summed E-state index contributed by atoms with van der Waals surface area (Å²) in [5.41, 5.74) is 2.55. The Morgan fingerprint density at radius 3 is 2.10 bits per heavy atom. The molecule has 2 heterocycles. The predicted octanol–water partition coefficient (Wildman–Crippen LogP) is 4.40. The van der Waals surface area contributed by atoms with Crippen molar-refractivity contribution >= 4 is 5.78 Å². The number of pyridine rings is 1. The Balaban J connectivity index is 1.93. The number of phenols is 1. The molecular weight excluding hydrogens is 388 g/mol. The lowest BCUT2D eigenvalue weighted by Gasteiger charge is -2.28. The normalized spacial score (nSPS) is 12.2. The third kappa shape index (κ3) is 4.95. The summed E-state index contributed by atoms with van der Waals surface area (Å²) in [6.45, 7) is 12.7. The van der Waals surface area contributed by atoms with E-state index in [1.807, 2.05) is 59.7 Å². The molecule has 0 atom stereocenters. The monoisotopic (exact) mass is 420 g/mol. The van der Waals surface area contributed by atoms with Crippen LogP contribution in [0.2, 0.25) is 0 Å². The molecule has 6 heteroatoms. The summed E-state index contributed by atoms with van der Waals surface area (Å²) < 4.78 is 3.39. The van der Waals surface area contributed by atoms with Gasteiger partial charge >= 0.3 is 0 Å². The minimum Gasteiger partial charge on any atom is -0.507 e. The third-order valence-electron chi connectivity index (χ3n) is 5.39. The molecule has 0 aliphatic carbocycles. The van der Waals surface area contributed by atoms with Crippen molar-refractivity contribution in [3.8, 4) is 5.75 Å². The number of imidazole rings is 1. The van der Waals surface area contributed by atoms with Crippen molar-refractivity contribution in [2.45, 2.75) is 65.5 Å². The highest BCUT2D eigenvalue weighted by Gasteiger charge is 2.27. The smallest absolute Gasteiger partial charge is 0.202 e. The van der Waals surface area contributed by atoms with Crippen LogP contribution in [0.15, 0.2) is 48.9 Å². The number of benzene rings is 1. The first-order valence-electron chi connectivity index (χ1n) is 10.5. The van der Waals surface area contributed by atoms with Gasteiger partial charge < -0.3 is 14.2 Å². The number of nitrogens with one attached hydrogen (secondary N) is 1. The van der Waals surface area contributed by atoms with Crippen molar-refractivity contribution < 1.29 is 9.90 Å². The lowest BCUT2D eigenvalue weighted by atomic mass is 9.78. The molecule has 0 fully saturated rings. The number of ketones is 1. The lowest BCUT2D eigenvalue weighted by Crippen LogP contribution is -2.28. The number of rotatable bonds is 5. The average molecular weight is 421 g/mol. The maximum atomic E-state index is 13.2. The van der Waals surface area contributed by atoms with Crippen molar-refractivity contribution in [2.75, 3.05) is 0 Å². The van der Waals surface area contributed by atoms with E-state index in [2.05, 4.69) is 4.98 Å². The molecule has 0 radical (unpaired) electrons. The molecule has 3 rings (SSSR count). The molecule has 2 aromatic heterocycles. The number of Topliss-reactive ketones (excluding diaryl/α,β-unsaturated/α-hetero) is 1. The molecule has 1 aromatic carbocycles. The summed E-state index contributed by atoms with van der Waals surface area (Å²) in [6.07, 6.45) is 5.27. The van der Waals surface area contributed by atoms with Crippen LogP contribution in [0.5, 0.6) is 5.75 Å².